The number of halogens is 2. The Morgan fingerprint density at radius 1 is 0.917 bits per heavy atom. The topological polar surface area (TPSA) is 59.1 Å². The lowest BCUT2D eigenvalue weighted by molar-refractivity contribution is 0.415. The van der Waals surface area contributed by atoms with Crippen molar-refractivity contribution in [2.75, 3.05) is 17.7 Å². The summed E-state index contributed by atoms with van der Waals surface area (Å²) in [5.41, 5.74) is 1.50. The first-order valence-electron chi connectivity index (χ1n) is 7.09. The number of hydrogen-bond donors (Lipinski definition) is 2. The minimum absolute atomic E-state index is 0.290. The van der Waals surface area contributed by atoms with E-state index in [4.69, 9.17) is 16.3 Å². The lowest BCUT2D eigenvalue weighted by Crippen LogP contribution is -1.98. The number of anilines is 4. The van der Waals surface area contributed by atoms with Crippen molar-refractivity contribution in [2.24, 2.45) is 0 Å². The molecule has 7 heteroatoms. The van der Waals surface area contributed by atoms with Gasteiger partial charge in [0.2, 0.25) is 0 Å². The van der Waals surface area contributed by atoms with Crippen LogP contribution in [0.2, 0.25) is 5.02 Å². The van der Waals surface area contributed by atoms with E-state index < -0.39 is 0 Å². The van der Waals surface area contributed by atoms with E-state index in [1.165, 1.54) is 18.5 Å². The maximum Gasteiger partial charge on any atom is 0.137 e. The number of nitrogens with one attached hydrogen (secondary N) is 2. The van der Waals surface area contributed by atoms with Crippen molar-refractivity contribution in [3.05, 3.63) is 65.7 Å². The molecule has 2 N–H and O–H groups in total. The predicted molar refractivity (Wildman–Crippen MR) is 93.0 cm³/mol. The van der Waals surface area contributed by atoms with Gasteiger partial charge in [0.1, 0.15) is 29.5 Å². The number of hydrogen-bond acceptors (Lipinski definition) is 5. The standard InChI is InChI=1S/C17H14ClFN4O/c1-24-15-7-6-13(8-14(15)18)23-17-9-16(20-10-21-17)22-12-4-2-11(19)3-5-12/h2-10H,1H3,(H2,20,21,22,23). The Labute approximate surface area is 143 Å². The Bertz CT molecular complexity index is 842. The van der Waals surface area contributed by atoms with E-state index in [-0.39, 0.29) is 5.82 Å². The Morgan fingerprint density at radius 3 is 2.17 bits per heavy atom. The molecule has 0 saturated heterocycles. The molecule has 1 heterocycles. The Balaban J connectivity index is 1.75. The van der Waals surface area contributed by atoms with E-state index in [1.54, 1.807) is 37.4 Å². The van der Waals surface area contributed by atoms with Crippen LogP contribution in [0, 0.1) is 5.82 Å². The maximum absolute atomic E-state index is 12.9. The van der Waals surface area contributed by atoms with Gasteiger partial charge in [-0.05, 0) is 42.5 Å². The molecular formula is C17H14ClFN4O. The predicted octanol–water partition coefficient (Wildman–Crippen LogP) is 4.76. The first-order chi connectivity index (χ1) is 11.6. The fraction of sp³-hybridized carbons (Fsp3) is 0.0588. The maximum atomic E-state index is 12.9. The molecule has 0 unspecified atom stereocenters. The van der Waals surface area contributed by atoms with E-state index >= 15 is 0 Å². The van der Waals surface area contributed by atoms with Gasteiger partial charge in [0.15, 0.2) is 0 Å². The number of aromatic nitrogens is 2. The molecule has 0 atom stereocenters. The van der Waals surface area contributed by atoms with Crippen LogP contribution in [0.3, 0.4) is 0 Å². The van der Waals surface area contributed by atoms with Gasteiger partial charge in [-0.3, -0.25) is 0 Å². The second-order valence-electron chi connectivity index (χ2n) is 4.89. The van der Waals surface area contributed by atoms with Gasteiger partial charge in [0.05, 0.1) is 12.1 Å². The van der Waals surface area contributed by atoms with Gasteiger partial charge in [-0.2, -0.15) is 0 Å². The second kappa shape index (κ2) is 7.14. The van der Waals surface area contributed by atoms with Gasteiger partial charge in [0.25, 0.3) is 0 Å². The summed E-state index contributed by atoms with van der Waals surface area (Å²) < 4.78 is 18.1. The molecule has 0 saturated carbocycles. The lowest BCUT2D eigenvalue weighted by atomic mass is 10.3. The smallest absolute Gasteiger partial charge is 0.137 e. The summed E-state index contributed by atoms with van der Waals surface area (Å²) >= 11 is 6.11. The van der Waals surface area contributed by atoms with Crippen molar-refractivity contribution in [2.45, 2.75) is 0 Å². The molecule has 0 fully saturated rings. The van der Waals surface area contributed by atoms with Gasteiger partial charge in [-0.15, -0.1) is 0 Å². The fourth-order valence-electron chi connectivity index (χ4n) is 2.07. The van der Waals surface area contributed by atoms with Crippen LogP contribution in [0.15, 0.2) is 54.9 Å². The zero-order valence-electron chi connectivity index (χ0n) is 12.8. The molecule has 0 aliphatic heterocycles. The third-order valence-electron chi connectivity index (χ3n) is 3.21. The second-order valence-corrected chi connectivity index (χ2v) is 5.30. The molecule has 3 aromatic rings. The van der Waals surface area contributed by atoms with Crippen molar-refractivity contribution in [3.8, 4) is 5.75 Å². The van der Waals surface area contributed by atoms with Crippen LogP contribution in [0.4, 0.5) is 27.4 Å². The third-order valence-corrected chi connectivity index (χ3v) is 3.50. The van der Waals surface area contributed by atoms with Crippen LogP contribution in [0.1, 0.15) is 0 Å². The van der Waals surface area contributed by atoms with Gasteiger partial charge >= 0.3 is 0 Å². The van der Waals surface area contributed by atoms with Gasteiger partial charge < -0.3 is 15.4 Å². The van der Waals surface area contributed by atoms with Crippen LogP contribution in [-0.2, 0) is 0 Å². The average Bonchev–Trinajstić information content (AvgIpc) is 2.58. The summed E-state index contributed by atoms with van der Waals surface area (Å²) in [7, 11) is 1.56. The molecular weight excluding hydrogens is 331 g/mol. The number of benzene rings is 2. The monoisotopic (exact) mass is 344 g/mol. The minimum Gasteiger partial charge on any atom is -0.495 e. The van der Waals surface area contributed by atoms with E-state index in [1.807, 2.05) is 6.07 Å². The molecule has 0 spiro atoms. The SMILES string of the molecule is COc1ccc(Nc2cc(Nc3ccc(F)cc3)ncn2)cc1Cl. The number of nitrogens with zero attached hydrogens (tertiary/aromatic N) is 2. The summed E-state index contributed by atoms with van der Waals surface area (Å²) in [5.74, 6) is 1.49. The molecule has 0 bridgehead atoms. The first-order valence-corrected chi connectivity index (χ1v) is 7.47. The highest BCUT2D eigenvalue weighted by atomic mass is 35.5. The largest absolute Gasteiger partial charge is 0.495 e. The quantitative estimate of drug-likeness (QED) is 0.698. The molecule has 0 amide bonds. The molecule has 3 rings (SSSR count). The molecule has 5 nitrogen and oxygen atoms in total. The number of ether oxygens (including phenoxy) is 1. The Hall–Kier alpha value is -2.86. The minimum atomic E-state index is -0.290. The van der Waals surface area contributed by atoms with Gasteiger partial charge in [-0.1, -0.05) is 11.6 Å². The summed E-state index contributed by atoms with van der Waals surface area (Å²) in [4.78, 5) is 8.31. The van der Waals surface area contributed by atoms with E-state index in [0.717, 1.165) is 11.4 Å². The van der Waals surface area contributed by atoms with E-state index in [0.29, 0.717) is 22.4 Å². The number of rotatable bonds is 5. The van der Waals surface area contributed by atoms with Crippen LogP contribution >= 0.6 is 11.6 Å². The van der Waals surface area contributed by atoms with Crippen molar-refractivity contribution in [3.63, 3.8) is 0 Å². The van der Waals surface area contributed by atoms with Gasteiger partial charge in [0, 0.05) is 17.4 Å². The normalized spacial score (nSPS) is 10.3. The van der Waals surface area contributed by atoms with Gasteiger partial charge in [-0.25, -0.2) is 14.4 Å². The fourth-order valence-corrected chi connectivity index (χ4v) is 2.32. The molecule has 1 aromatic heterocycles. The first kappa shape index (κ1) is 16.0. The van der Waals surface area contributed by atoms with Crippen molar-refractivity contribution < 1.29 is 9.13 Å². The van der Waals surface area contributed by atoms with Crippen LogP contribution < -0.4 is 15.4 Å². The van der Waals surface area contributed by atoms with Crippen molar-refractivity contribution >= 4 is 34.6 Å². The lowest BCUT2D eigenvalue weighted by Gasteiger charge is -2.10. The van der Waals surface area contributed by atoms with E-state index in [2.05, 4.69) is 20.6 Å². The molecule has 0 aliphatic rings. The third kappa shape index (κ3) is 3.91. The molecule has 24 heavy (non-hydrogen) atoms. The highest BCUT2D eigenvalue weighted by Gasteiger charge is 2.04. The summed E-state index contributed by atoms with van der Waals surface area (Å²) in [5, 5.41) is 6.72. The molecule has 0 aliphatic carbocycles. The highest BCUT2D eigenvalue weighted by molar-refractivity contribution is 6.32. The van der Waals surface area contributed by atoms with E-state index in [9.17, 15) is 4.39 Å². The highest BCUT2D eigenvalue weighted by Crippen LogP contribution is 2.28. The average molecular weight is 345 g/mol. The zero-order valence-corrected chi connectivity index (χ0v) is 13.5. The van der Waals surface area contributed by atoms with Crippen molar-refractivity contribution in [1.82, 2.24) is 9.97 Å². The molecule has 2 aromatic carbocycles. The van der Waals surface area contributed by atoms with Crippen LogP contribution in [0.5, 0.6) is 5.75 Å². The molecule has 122 valence electrons. The zero-order chi connectivity index (χ0) is 16.9. The Kier molecular flexibility index (Phi) is 4.77. The molecule has 0 radical (unpaired) electrons. The summed E-state index contributed by atoms with van der Waals surface area (Å²) in [6.45, 7) is 0. The van der Waals surface area contributed by atoms with Crippen LogP contribution in [-0.4, -0.2) is 17.1 Å². The summed E-state index contributed by atoms with van der Waals surface area (Å²) in [6.07, 6.45) is 1.43. The van der Waals surface area contributed by atoms with Crippen molar-refractivity contribution in [1.29, 1.82) is 0 Å². The van der Waals surface area contributed by atoms with Crippen LogP contribution in [0.25, 0.3) is 0 Å². The number of methoxy groups -OCH3 is 1. The summed E-state index contributed by atoms with van der Waals surface area (Å²) in [6, 6.07) is 13.1. The Morgan fingerprint density at radius 2 is 1.54 bits per heavy atom.